The van der Waals surface area contributed by atoms with Crippen LogP contribution in [0, 0.1) is 0 Å². The molecule has 0 aromatic heterocycles. The van der Waals surface area contributed by atoms with Crippen molar-refractivity contribution in [1.82, 2.24) is 14.5 Å². The number of carbonyl (C=O) groups excluding carboxylic acids is 2. The van der Waals surface area contributed by atoms with E-state index in [1.54, 1.807) is 12.1 Å². The molecule has 1 N–H and O–H groups in total. The Labute approximate surface area is 214 Å². The van der Waals surface area contributed by atoms with Gasteiger partial charge in [0.1, 0.15) is 6.04 Å². The lowest BCUT2D eigenvalue weighted by Gasteiger charge is -2.32. The molecule has 2 aromatic rings. The summed E-state index contributed by atoms with van der Waals surface area (Å²) in [4.78, 5) is 26.9. The Bertz CT molecular complexity index is 1220. The number of amides is 2. The summed E-state index contributed by atoms with van der Waals surface area (Å²) in [6.45, 7) is -0.109. The molecule has 0 radical (unpaired) electrons. The Hall–Kier alpha value is -2.56. The zero-order valence-corrected chi connectivity index (χ0v) is 21.2. The molecular weight excluding hydrogens is 512 g/mol. The van der Waals surface area contributed by atoms with Gasteiger partial charge in [-0.05, 0) is 67.6 Å². The number of rotatable bonds is 6. The molecule has 2 aromatic carbocycles. The topological polar surface area (TPSA) is 86.8 Å². The number of hydrogen-bond acceptors (Lipinski definition) is 4. The molecular formula is C25H28ClF2N3O4S. The van der Waals surface area contributed by atoms with Gasteiger partial charge >= 0.3 is 0 Å². The quantitative estimate of drug-likeness (QED) is 0.599. The van der Waals surface area contributed by atoms with Crippen molar-refractivity contribution in [3.8, 4) is 0 Å². The molecule has 2 heterocycles. The van der Waals surface area contributed by atoms with Crippen LogP contribution in [0.5, 0.6) is 0 Å². The Morgan fingerprint density at radius 1 is 1.14 bits per heavy atom. The lowest BCUT2D eigenvalue weighted by atomic mass is 10.0. The van der Waals surface area contributed by atoms with Gasteiger partial charge in [0.25, 0.3) is 11.8 Å². The van der Waals surface area contributed by atoms with Gasteiger partial charge < -0.3 is 10.2 Å². The molecule has 2 fully saturated rings. The zero-order valence-electron chi connectivity index (χ0n) is 19.6. The van der Waals surface area contributed by atoms with E-state index < -0.39 is 34.4 Å². The van der Waals surface area contributed by atoms with Gasteiger partial charge in [-0.1, -0.05) is 23.7 Å². The van der Waals surface area contributed by atoms with Crippen molar-refractivity contribution in [3.05, 3.63) is 64.7 Å². The molecule has 2 aliphatic heterocycles. The summed E-state index contributed by atoms with van der Waals surface area (Å²) in [7, 11) is -4.11. The molecule has 0 aliphatic carbocycles. The summed E-state index contributed by atoms with van der Waals surface area (Å²) >= 11 is 5.94. The first-order valence-electron chi connectivity index (χ1n) is 11.9. The minimum Gasteiger partial charge on any atom is -0.355 e. The largest absolute Gasteiger partial charge is 0.355 e. The van der Waals surface area contributed by atoms with Gasteiger partial charge in [-0.15, -0.1) is 0 Å². The molecule has 1 atom stereocenters. The van der Waals surface area contributed by atoms with Crippen LogP contribution in [0.3, 0.4) is 0 Å². The first kappa shape index (κ1) is 26.5. The highest BCUT2D eigenvalue weighted by atomic mass is 35.5. The predicted molar refractivity (Wildman–Crippen MR) is 131 cm³/mol. The number of hydrogen-bond donors (Lipinski definition) is 1. The average molecular weight is 540 g/mol. The number of alkyl halides is 2. The molecule has 0 bridgehead atoms. The Balaban J connectivity index is 1.65. The highest BCUT2D eigenvalue weighted by Crippen LogP contribution is 2.29. The molecule has 2 saturated heterocycles. The molecule has 0 saturated carbocycles. The van der Waals surface area contributed by atoms with E-state index in [1.165, 1.54) is 36.4 Å². The standard InChI is InChI=1S/C25H28ClF2N3O4S/c26-20-8-10-21(11-9-20)36(34,35)31(22-7-1-2-13-29-23(22)32)16-18-5-3-6-19(15-18)24(33)30-14-4-12-25(27,28)17-30/h3,5-6,8-11,15,22H,1-2,4,7,12-14,16-17H2,(H,29,32). The van der Waals surface area contributed by atoms with Crippen LogP contribution in [0.4, 0.5) is 8.78 Å². The van der Waals surface area contributed by atoms with Gasteiger partial charge in [0, 0.05) is 36.6 Å². The van der Waals surface area contributed by atoms with Gasteiger partial charge in [0.15, 0.2) is 0 Å². The van der Waals surface area contributed by atoms with Gasteiger partial charge in [-0.3, -0.25) is 9.59 Å². The molecule has 4 rings (SSSR count). The van der Waals surface area contributed by atoms with Crippen LogP contribution in [0.15, 0.2) is 53.4 Å². The van der Waals surface area contributed by atoms with E-state index in [2.05, 4.69) is 5.32 Å². The number of nitrogens with zero attached hydrogens (tertiary/aromatic N) is 2. The normalized spacial score (nSPS) is 20.6. The van der Waals surface area contributed by atoms with Crippen molar-refractivity contribution < 1.29 is 26.8 Å². The number of likely N-dealkylation sites (tertiary alicyclic amines) is 1. The third kappa shape index (κ3) is 6.04. The highest BCUT2D eigenvalue weighted by molar-refractivity contribution is 7.89. The van der Waals surface area contributed by atoms with Crippen molar-refractivity contribution in [1.29, 1.82) is 0 Å². The van der Waals surface area contributed by atoms with E-state index in [4.69, 9.17) is 11.6 Å². The lowest BCUT2D eigenvalue weighted by molar-refractivity contribution is -0.124. The fourth-order valence-corrected chi connectivity index (χ4v) is 6.34. The Morgan fingerprint density at radius 2 is 1.89 bits per heavy atom. The second-order valence-corrected chi connectivity index (χ2v) is 11.5. The predicted octanol–water partition coefficient (Wildman–Crippen LogP) is 4.07. The molecule has 2 amide bonds. The molecule has 2 aliphatic rings. The summed E-state index contributed by atoms with van der Waals surface area (Å²) in [6.07, 6.45) is 1.71. The van der Waals surface area contributed by atoms with Gasteiger partial charge in [0.05, 0.1) is 11.4 Å². The van der Waals surface area contributed by atoms with Crippen LogP contribution >= 0.6 is 11.6 Å². The number of halogens is 3. The van der Waals surface area contributed by atoms with E-state index in [0.717, 1.165) is 15.6 Å². The summed E-state index contributed by atoms with van der Waals surface area (Å²) in [5, 5.41) is 3.15. The van der Waals surface area contributed by atoms with E-state index >= 15 is 0 Å². The maximum absolute atomic E-state index is 13.9. The Kier molecular flexibility index (Phi) is 7.96. The maximum atomic E-state index is 13.9. The second-order valence-electron chi connectivity index (χ2n) is 9.19. The lowest BCUT2D eigenvalue weighted by Crippen LogP contribution is -2.48. The summed E-state index contributed by atoms with van der Waals surface area (Å²) in [6, 6.07) is 11.0. The monoisotopic (exact) mass is 539 g/mol. The first-order chi connectivity index (χ1) is 17.1. The van der Waals surface area contributed by atoms with E-state index in [9.17, 15) is 26.8 Å². The van der Waals surface area contributed by atoms with Crippen molar-refractivity contribution in [2.45, 2.75) is 55.5 Å². The number of nitrogens with one attached hydrogen (secondary N) is 1. The third-order valence-electron chi connectivity index (χ3n) is 6.47. The summed E-state index contributed by atoms with van der Waals surface area (Å²) in [5.74, 6) is -3.84. The second kappa shape index (κ2) is 10.8. The summed E-state index contributed by atoms with van der Waals surface area (Å²) < 4.78 is 56.2. The van der Waals surface area contributed by atoms with Crippen LogP contribution in [0.1, 0.15) is 48.0 Å². The molecule has 7 nitrogen and oxygen atoms in total. The van der Waals surface area contributed by atoms with Crippen molar-refractivity contribution in [2.75, 3.05) is 19.6 Å². The smallest absolute Gasteiger partial charge is 0.265 e. The van der Waals surface area contributed by atoms with E-state index in [1.807, 2.05) is 0 Å². The van der Waals surface area contributed by atoms with E-state index in [0.29, 0.717) is 30.0 Å². The fraction of sp³-hybridized carbons (Fsp3) is 0.440. The van der Waals surface area contributed by atoms with Gasteiger partial charge in [0.2, 0.25) is 15.9 Å². The number of sulfonamides is 1. The van der Waals surface area contributed by atoms with Gasteiger partial charge in [-0.2, -0.15) is 4.31 Å². The third-order valence-corrected chi connectivity index (χ3v) is 8.59. The van der Waals surface area contributed by atoms with Gasteiger partial charge in [-0.25, -0.2) is 17.2 Å². The molecule has 11 heteroatoms. The summed E-state index contributed by atoms with van der Waals surface area (Å²) in [5.41, 5.74) is 0.665. The number of benzene rings is 2. The average Bonchev–Trinajstić information content (AvgIpc) is 3.06. The van der Waals surface area contributed by atoms with Crippen molar-refractivity contribution in [2.24, 2.45) is 0 Å². The number of carbonyl (C=O) groups is 2. The van der Waals surface area contributed by atoms with Crippen molar-refractivity contribution >= 4 is 33.4 Å². The van der Waals surface area contributed by atoms with Crippen LogP contribution in [-0.4, -0.2) is 61.0 Å². The molecule has 0 spiro atoms. The van der Waals surface area contributed by atoms with Crippen LogP contribution < -0.4 is 5.32 Å². The SMILES string of the molecule is O=C1NCCCCC1N(Cc1cccc(C(=O)N2CCCC(F)(F)C2)c1)S(=O)(=O)c1ccc(Cl)cc1. The van der Waals surface area contributed by atoms with Crippen LogP contribution in [-0.2, 0) is 21.4 Å². The van der Waals surface area contributed by atoms with E-state index in [-0.39, 0.29) is 42.3 Å². The fourth-order valence-electron chi connectivity index (χ4n) is 4.61. The number of piperidine rings is 1. The molecule has 194 valence electrons. The minimum atomic E-state index is -4.11. The molecule has 1 unspecified atom stereocenters. The Morgan fingerprint density at radius 3 is 2.61 bits per heavy atom. The van der Waals surface area contributed by atoms with Crippen molar-refractivity contribution in [3.63, 3.8) is 0 Å². The van der Waals surface area contributed by atoms with Crippen LogP contribution in [0.25, 0.3) is 0 Å². The molecule has 36 heavy (non-hydrogen) atoms. The maximum Gasteiger partial charge on any atom is 0.265 e. The zero-order chi connectivity index (χ0) is 25.9. The highest BCUT2D eigenvalue weighted by Gasteiger charge is 2.38. The van der Waals surface area contributed by atoms with Crippen LogP contribution in [0.2, 0.25) is 5.02 Å². The minimum absolute atomic E-state index is 0.00766. The first-order valence-corrected chi connectivity index (χ1v) is 13.7.